The molecule has 0 unspecified atom stereocenters. The van der Waals surface area contributed by atoms with Gasteiger partial charge in [0.25, 0.3) is 5.78 Å². The number of rotatable bonds is 3. The van der Waals surface area contributed by atoms with Crippen molar-refractivity contribution >= 4 is 11.8 Å². The third kappa shape index (κ3) is 2.63. The molecule has 0 spiro atoms. The average molecular weight is 208 g/mol. The number of hydrogen-bond donors (Lipinski definition) is 2. The van der Waals surface area contributed by atoms with Crippen molar-refractivity contribution in [3.8, 4) is 0 Å². The van der Waals surface area contributed by atoms with E-state index in [4.69, 9.17) is 5.11 Å². The van der Waals surface area contributed by atoms with Crippen LogP contribution in [0.15, 0.2) is 24.3 Å². The van der Waals surface area contributed by atoms with E-state index in [-0.39, 0.29) is 5.56 Å². The maximum absolute atomic E-state index is 11.0. The number of benzene rings is 1. The summed E-state index contributed by atoms with van der Waals surface area (Å²) >= 11 is 0. The molecule has 0 saturated heterocycles. The molecule has 0 aliphatic carbocycles. The molecule has 1 rings (SSSR count). The molecule has 0 heterocycles. The van der Waals surface area contributed by atoms with Crippen LogP contribution in [-0.2, 0) is 10.4 Å². The number of aliphatic hydroxyl groups is 1. The first-order valence-electron chi connectivity index (χ1n) is 4.43. The van der Waals surface area contributed by atoms with Gasteiger partial charge in [0.2, 0.25) is 0 Å². The van der Waals surface area contributed by atoms with Gasteiger partial charge in [0.15, 0.2) is 0 Å². The van der Waals surface area contributed by atoms with Gasteiger partial charge in [-0.2, -0.15) is 0 Å². The summed E-state index contributed by atoms with van der Waals surface area (Å²) in [5.74, 6) is -2.43. The van der Waals surface area contributed by atoms with E-state index >= 15 is 0 Å². The molecule has 0 bridgehead atoms. The van der Waals surface area contributed by atoms with E-state index in [9.17, 15) is 14.7 Å². The number of aliphatic carboxylic acids is 1. The van der Waals surface area contributed by atoms with Gasteiger partial charge in [-0.05, 0) is 19.4 Å². The summed E-state index contributed by atoms with van der Waals surface area (Å²) < 4.78 is 0. The Hall–Kier alpha value is -1.68. The van der Waals surface area contributed by atoms with Crippen LogP contribution in [0, 0.1) is 0 Å². The second-order valence-electron chi connectivity index (χ2n) is 3.77. The Morgan fingerprint density at radius 3 is 1.93 bits per heavy atom. The Labute approximate surface area is 87.2 Å². The third-order valence-corrected chi connectivity index (χ3v) is 2.05. The minimum absolute atomic E-state index is 0.107. The number of ketones is 1. The predicted octanol–water partition coefficient (Wildman–Crippen LogP) is 1.18. The van der Waals surface area contributed by atoms with Crippen LogP contribution in [0.3, 0.4) is 0 Å². The first kappa shape index (κ1) is 11.4. The standard InChI is InChI=1S/C11H12O4/c1-11(2,15)8-5-3-7(4-6-8)9(12)10(13)14/h3-6,15H,1-2H3,(H,13,14). The number of carbonyl (C=O) groups excluding carboxylic acids is 1. The number of hydrogen-bond acceptors (Lipinski definition) is 3. The molecule has 0 aromatic heterocycles. The van der Waals surface area contributed by atoms with E-state index in [2.05, 4.69) is 0 Å². The van der Waals surface area contributed by atoms with Gasteiger partial charge in [0.1, 0.15) is 0 Å². The van der Waals surface area contributed by atoms with Gasteiger partial charge in [-0.15, -0.1) is 0 Å². The molecule has 0 saturated carbocycles. The first-order chi connectivity index (χ1) is 6.82. The van der Waals surface area contributed by atoms with Gasteiger partial charge in [0.05, 0.1) is 5.60 Å². The number of Topliss-reactive ketones (excluding diaryl/α,β-unsaturated/α-hetero) is 1. The molecule has 1 aromatic rings. The summed E-state index contributed by atoms with van der Waals surface area (Å²) in [4.78, 5) is 21.4. The molecule has 2 N–H and O–H groups in total. The zero-order chi connectivity index (χ0) is 11.6. The summed E-state index contributed by atoms with van der Waals surface area (Å²) in [6.45, 7) is 3.22. The van der Waals surface area contributed by atoms with E-state index in [1.165, 1.54) is 24.3 Å². The van der Waals surface area contributed by atoms with Gasteiger partial charge >= 0.3 is 5.97 Å². The highest BCUT2D eigenvalue weighted by Gasteiger charge is 2.18. The molecule has 0 aliphatic heterocycles. The lowest BCUT2D eigenvalue weighted by Gasteiger charge is -2.17. The molecule has 1 aromatic carbocycles. The molecule has 0 aliphatic rings. The molecule has 15 heavy (non-hydrogen) atoms. The minimum Gasteiger partial charge on any atom is -0.475 e. The topological polar surface area (TPSA) is 74.6 Å². The van der Waals surface area contributed by atoms with Crippen molar-refractivity contribution in [2.45, 2.75) is 19.4 Å². The van der Waals surface area contributed by atoms with E-state index in [1.54, 1.807) is 13.8 Å². The molecule has 4 nitrogen and oxygen atoms in total. The van der Waals surface area contributed by atoms with E-state index < -0.39 is 17.4 Å². The highest BCUT2D eigenvalue weighted by atomic mass is 16.4. The van der Waals surface area contributed by atoms with Gasteiger partial charge in [-0.1, -0.05) is 24.3 Å². The fourth-order valence-corrected chi connectivity index (χ4v) is 1.15. The summed E-state index contributed by atoms with van der Waals surface area (Å²) in [6.07, 6.45) is 0. The second kappa shape index (κ2) is 3.82. The largest absolute Gasteiger partial charge is 0.475 e. The quantitative estimate of drug-likeness (QED) is 0.577. The summed E-state index contributed by atoms with van der Waals surface area (Å²) in [5.41, 5.74) is -0.259. The van der Waals surface area contributed by atoms with Crippen LogP contribution in [0.2, 0.25) is 0 Å². The molecular formula is C11H12O4. The number of carboxylic acids is 1. The third-order valence-electron chi connectivity index (χ3n) is 2.05. The highest BCUT2D eigenvalue weighted by Crippen LogP contribution is 2.19. The van der Waals surface area contributed by atoms with E-state index in [0.29, 0.717) is 5.56 Å². The van der Waals surface area contributed by atoms with E-state index in [1.807, 2.05) is 0 Å². The molecule has 0 fully saturated rings. The van der Waals surface area contributed by atoms with Crippen LogP contribution >= 0.6 is 0 Å². The molecule has 0 atom stereocenters. The lowest BCUT2D eigenvalue weighted by molar-refractivity contribution is -0.131. The number of carbonyl (C=O) groups is 2. The lowest BCUT2D eigenvalue weighted by Crippen LogP contribution is -2.16. The molecule has 80 valence electrons. The Kier molecular flexibility index (Phi) is 2.90. The van der Waals surface area contributed by atoms with Crippen LogP contribution in [0.25, 0.3) is 0 Å². The smallest absolute Gasteiger partial charge is 0.377 e. The van der Waals surface area contributed by atoms with Crippen molar-refractivity contribution < 1.29 is 19.8 Å². The monoisotopic (exact) mass is 208 g/mol. The molecule has 0 amide bonds. The van der Waals surface area contributed by atoms with Crippen molar-refractivity contribution in [1.29, 1.82) is 0 Å². The minimum atomic E-state index is -1.48. The maximum atomic E-state index is 11.0. The Morgan fingerprint density at radius 1 is 1.13 bits per heavy atom. The number of carboxylic acid groups (broad SMARTS) is 1. The van der Waals surface area contributed by atoms with Crippen molar-refractivity contribution in [1.82, 2.24) is 0 Å². The van der Waals surface area contributed by atoms with Gasteiger partial charge in [-0.25, -0.2) is 4.79 Å². The van der Waals surface area contributed by atoms with Crippen LogP contribution in [0.1, 0.15) is 29.8 Å². The van der Waals surface area contributed by atoms with Crippen molar-refractivity contribution in [2.75, 3.05) is 0 Å². The Morgan fingerprint density at radius 2 is 1.60 bits per heavy atom. The van der Waals surface area contributed by atoms with Crippen molar-refractivity contribution in [2.24, 2.45) is 0 Å². The molecule has 4 heteroatoms. The highest BCUT2D eigenvalue weighted by molar-refractivity contribution is 6.39. The Balaban J connectivity index is 3.01. The van der Waals surface area contributed by atoms with Crippen LogP contribution < -0.4 is 0 Å². The zero-order valence-electron chi connectivity index (χ0n) is 8.52. The van der Waals surface area contributed by atoms with Crippen LogP contribution in [0.4, 0.5) is 0 Å². The van der Waals surface area contributed by atoms with E-state index in [0.717, 1.165) is 0 Å². The fourth-order valence-electron chi connectivity index (χ4n) is 1.15. The first-order valence-corrected chi connectivity index (χ1v) is 4.43. The maximum Gasteiger partial charge on any atom is 0.377 e. The predicted molar refractivity (Wildman–Crippen MR) is 53.7 cm³/mol. The summed E-state index contributed by atoms with van der Waals surface area (Å²) in [7, 11) is 0. The summed E-state index contributed by atoms with van der Waals surface area (Å²) in [6, 6.07) is 5.86. The second-order valence-corrected chi connectivity index (χ2v) is 3.77. The van der Waals surface area contributed by atoms with Gasteiger partial charge in [-0.3, -0.25) is 4.79 Å². The van der Waals surface area contributed by atoms with Crippen LogP contribution in [-0.4, -0.2) is 22.0 Å². The average Bonchev–Trinajstić information content (AvgIpc) is 2.15. The van der Waals surface area contributed by atoms with Crippen molar-refractivity contribution in [3.63, 3.8) is 0 Å². The van der Waals surface area contributed by atoms with Crippen molar-refractivity contribution in [3.05, 3.63) is 35.4 Å². The summed E-state index contributed by atoms with van der Waals surface area (Å²) in [5, 5.41) is 18.1. The fraction of sp³-hybridized carbons (Fsp3) is 0.273. The normalized spacial score (nSPS) is 11.1. The SMILES string of the molecule is CC(C)(O)c1ccc(C(=O)C(=O)O)cc1. The van der Waals surface area contributed by atoms with Gasteiger partial charge < -0.3 is 10.2 Å². The Bertz CT molecular complexity index is 384. The van der Waals surface area contributed by atoms with Gasteiger partial charge in [0, 0.05) is 5.56 Å². The zero-order valence-corrected chi connectivity index (χ0v) is 8.52. The lowest BCUT2D eigenvalue weighted by atomic mass is 9.96. The molecule has 0 radical (unpaired) electrons. The van der Waals surface area contributed by atoms with Crippen LogP contribution in [0.5, 0.6) is 0 Å². The molecular weight excluding hydrogens is 196 g/mol.